The van der Waals surface area contributed by atoms with E-state index in [0.29, 0.717) is 19.4 Å². The van der Waals surface area contributed by atoms with E-state index in [2.05, 4.69) is 0 Å². The standard InChI is InChI=1S/C11H15Cl2NO2/c1-3-7(15)10-9-6(11(9,12)13)5-14(10)8(16)4-2/h6,9-10H,3-5H2,1-2H3/t6-,9-,10?/m0/s1. The highest BCUT2D eigenvalue weighted by molar-refractivity contribution is 6.51. The molecule has 0 N–H and O–H groups in total. The van der Waals surface area contributed by atoms with Gasteiger partial charge in [-0.3, -0.25) is 9.59 Å². The third kappa shape index (κ3) is 1.56. The Morgan fingerprint density at radius 1 is 1.31 bits per heavy atom. The van der Waals surface area contributed by atoms with Gasteiger partial charge in [-0.1, -0.05) is 13.8 Å². The summed E-state index contributed by atoms with van der Waals surface area (Å²) in [5.41, 5.74) is 0. The number of likely N-dealkylation sites (tertiary alicyclic amines) is 1. The lowest BCUT2D eigenvalue weighted by Gasteiger charge is -2.28. The summed E-state index contributed by atoms with van der Waals surface area (Å²) >= 11 is 12.2. The largest absolute Gasteiger partial charge is 0.332 e. The van der Waals surface area contributed by atoms with Crippen LogP contribution < -0.4 is 0 Å². The van der Waals surface area contributed by atoms with Gasteiger partial charge in [-0.2, -0.15) is 0 Å². The predicted octanol–water partition coefficient (Wildman–Crippen LogP) is 2.01. The Balaban J connectivity index is 2.20. The Morgan fingerprint density at radius 2 is 1.94 bits per heavy atom. The van der Waals surface area contributed by atoms with E-state index in [1.165, 1.54) is 0 Å². The second kappa shape index (κ2) is 3.88. The van der Waals surface area contributed by atoms with Crippen molar-refractivity contribution in [2.24, 2.45) is 11.8 Å². The van der Waals surface area contributed by atoms with E-state index in [-0.39, 0.29) is 23.5 Å². The van der Waals surface area contributed by atoms with Crippen molar-refractivity contribution in [2.45, 2.75) is 37.1 Å². The van der Waals surface area contributed by atoms with Gasteiger partial charge >= 0.3 is 0 Å². The number of ketones is 1. The molecule has 1 aliphatic carbocycles. The monoisotopic (exact) mass is 263 g/mol. The van der Waals surface area contributed by atoms with E-state index in [1.807, 2.05) is 0 Å². The van der Waals surface area contributed by atoms with E-state index >= 15 is 0 Å². The number of amides is 1. The number of hydrogen-bond donors (Lipinski definition) is 0. The summed E-state index contributed by atoms with van der Waals surface area (Å²) in [6.45, 7) is 4.13. The zero-order valence-corrected chi connectivity index (χ0v) is 10.9. The number of Topliss-reactive ketones (excluding diaryl/α,β-unsaturated/α-hetero) is 1. The maximum Gasteiger partial charge on any atom is 0.222 e. The number of nitrogens with zero attached hydrogens (tertiary/aromatic N) is 1. The highest BCUT2D eigenvalue weighted by Crippen LogP contribution is 2.65. The van der Waals surface area contributed by atoms with Crippen LogP contribution in [0.4, 0.5) is 0 Å². The summed E-state index contributed by atoms with van der Waals surface area (Å²) in [7, 11) is 0. The van der Waals surface area contributed by atoms with Crippen molar-refractivity contribution in [1.82, 2.24) is 4.90 Å². The van der Waals surface area contributed by atoms with Crippen molar-refractivity contribution in [2.75, 3.05) is 6.54 Å². The van der Waals surface area contributed by atoms with Crippen LogP contribution in [0.15, 0.2) is 0 Å². The fraction of sp³-hybridized carbons (Fsp3) is 0.818. The van der Waals surface area contributed by atoms with Crippen molar-refractivity contribution in [3.63, 3.8) is 0 Å². The summed E-state index contributed by atoms with van der Waals surface area (Å²) in [4.78, 5) is 25.2. The van der Waals surface area contributed by atoms with Crippen LogP contribution in [0.2, 0.25) is 0 Å². The van der Waals surface area contributed by atoms with Crippen LogP contribution in [0, 0.1) is 11.8 Å². The van der Waals surface area contributed by atoms with E-state index in [1.54, 1.807) is 18.7 Å². The lowest BCUT2D eigenvalue weighted by atomic mass is 10.1. The smallest absolute Gasteiger partial charge is 0.222 e. The van der Waals surface area contributed by atoms with Crippen LogP contribution in [0.3, 0.4) is 0 Å². The van der Waals surface area contributed by atoms with E-state index < -0.39 is 10.4 Å². The molecule has 2 fully saturated rings. The van der Waals surface area contributed by atoms with E-state index in [9.17, 15) is 9.59 Å². The minimum Gasteiger partial charge on any atom is -0.332 e. The van der Waals surface area contributed by atoms with Crippen LogP contribution >= 0.6 is 23.2 Å². The minimum absolute atomic E-state index is 0.0168. The summed E-state index contributed by atoms with van der Waals surface area (Å²) in [6.07, 6.45) is 0.843. The molecular formula is C11H15Cl2NO2. The molecule has 0 spiro atoms. The zero-order chi connectivity index (χ0) is 12.1. The molecule has 0 aromatic rings. The van der Waals surface area contributed by atoms with Crippen LogP contribution in [0.1, 0.15) is 26.7 Å². The summed E-state index contributed by atoms with van der Waals surface area (Å²) < 4.78 is -0.792. The average Bonchev–Trinajstić information content (AvgIpc) is 2.68. The molecule has 90 valence electrons. The van der Waals surface area contributed by atoms with Crippen LogP contribution in [-0.2, 0) is 9.59 Å². The molecule has 1 saturated heterocycles. The topological polar surface area (TPSA) is 37.4 Å². The SMILES string of the molecule is CCC(=O)C1[C@@H]2[C@H](CN1C(=O)CC)C2(Cl)Cl. The first-order valence-electron chi connectivity index (χ1n) is 5.65. The van der Waals surface area contributed by atoms with Crippen LogP contribution in [-0.4, -0.2) is 33.5 Å². The minimum atomic E-state index is -0.792. The average molecular weight is 264 g/mol. The van der Waals surface area contributed by atoms with Gasteiger partial charge in [0.25, 0.3) is 0 Å². The molecule has 1 aliphatic heterocycles. The molecule has 0 aromatic carbocycles. The summed E-state index contributed by atoms with van der Waals surface area (Å²) in [6, 6.07) is -0.391. The zero-order valence-electron chi connectivity index (χ0n) is 9.37. The maximum atomic E-state index is 11.9. The highest BCUT2D eigenvalue weighted by Gasteiger charge is 2.73. The number of hydrogen-bond acceptors (Lipinski definition) is 2. The van der Waals surface area contributed by atoms with Crippen LogP contribution in [0.25, 0.3) is 0 Å². The van der Waals surface area contributed by atoms with Crippen molar-refractivity contribution in [3.8, 4) is 0 Å². The second-order valence-electron chi connectivity index (χ2n) is 4.47. The first-order chi connectivity index (χ1) is 7.45. The molecule has 0 radical (unpaired) electrons. The number of carbonyl (C=O) groups is 2. The third-order valence-electron chi connectivity index (χ3n) is 3.63. The van der Waals surface area contributed by atoms with Gasteiger partial charge in [0.15, 0.2) is 5.78 Å². The molecule has 1 amide bonds. The first-order valence-corrected chi connectivity index (χ1v) is 6.40. The molecule has 16 heavy (non-hydrogen) atoms. The Bertz CT molecular complexity index is 343. The highest BCUT2D eigenvalue weighted by atomic mass is 35.5. The number of carbonyl (C=O) groups excluding carboxylic acids is 2. The van der Waals surface area contributed by atoms with Crippen molar-refractivity contribution in [3.05, 3.63) is 0 Å². The van der Waals surface area contributed by atoms with Gasteiger partial charge in [0.1, 0.15) is 4.33 Å². The lowest BCUT2D eigenvalue weighted by Crippen LogP contribution is -2.45. The maximum absolute atomic E-state index is 11.9. The fourth-order valence-electron chi connectivity index (χ4n) is 2.64. The lowest BCUT2D eigenvalue weighted by molar-refractivity contribution is -0.138. The third-order valence-corrected chi connectivity index (χ3v) is 4.70. The van der Waals surface area contributed by atoms with Crippen molar-refractivity contribution in [1.29, 1.82) is 0 Å². The summed E-state index contributed by atoms with van der Waals surface area (Å²) in [5, 5.41) is 0. The molecule has 0 bridgehead atoms. The number of alkyl halides is 2. The first kappa shape index (κ1) is 12.2. The second-order valence-corrected chi connectivity index (χ2v) is 5.92. The number of halogens is 2. The Labute approximate surface area is 105 Å². The van der Waals surface area contributed by atoms with Crippen molar-refractivity contribution >= 4 is 34.9 Å². The normalized spacial score (nSPS) is 34.8. The van der Waals surface area contributed by atoms with Gasteiger partial charge in [-0.25, -0.2) is 0 Å². The molecule has 0 aromatic heterocycles. The van der Waals surface area contributed by atoms with Gasteiger partial charge in [-0.05, 0) is 0 Å². The van der Waals surface area contributed by atoms with Gasteiger partial charge in [-0.15, -0.1) is 23.2 Å². The molecular weight excluding hydrogens is 249 g/mol. The number of rotatable bonds is 3. The molecule has 5 heteroatoms. The van der Waals surface area contributed by atoms with E-state index in [0.717, 1.165) is 0 Å². The molecule has 2 aliphatic rings. The number of fused-ring (bicyclic) bond motifs is 1. The molecule has 3 nitrogen and oxygen atoms in total. The van der Waals surface area contributed by atoms with E-state index in [4.69, 9.17) is 23.2 Å². The molecule has 1 saturated carbocycles. The molecule has 1 heterocycles. The Morgan fingerprint density at radius 3 is 2.44 bits per heavy atom. The van der Waals surface area contributed by atoms with Crippen molar-refractivity contribution < 1.29 is 9.59 Å². The summed E-state index contributed by atoms with van der Waals surface area (Å²) in [5.74, 6) is 0.103. The Hall–Kier alpha value is -0.280. The molecule has 2 rings (SSSR count). The predicted molar refractivity (Wildman–Crippen MR) is 62.5 cm³/mol. The van der Waals surface area contributed by atoms with Gasteiger partial charge in [0, 0.05) is 31.2 Å². The fourth-order valence-corrected chi connectivity index (χ4v) is 3.47. The van der Waals surface area contributed by atoms with Gasteiger partial charge < -0.3 is 4.90 Å². The van der Waals surface area contributed by atoms with Crippen LogP contribution in [0.5, 0.6) is 0 Å². The Kier molecular flexibility index (Phi) is 2.96. The molecule has 1 unspecified atom stereocenters. The van der Waals surface area contributed by atoms with Gasteiger partial charge in [0.2, 0.25) is 5.91 Å². The number of piperidine rings is 1. The quantitative estimate of drug-likeness (QED) is 0.731. The molecule has 3 atom stereocenters. The van der Waals surface area contributed by atoms with Gasteiger partial charge in [0.05, 0.1) is 6.04 Å².